The van der Waals surface area contributed by atoms with E-state index in [4.69, 9.17) is 33.2 Å². The van der Waals surface area contributed by atoms with Gasteiger partial charge in [-0.15, -0.1) is 0 Å². The Hall–Kier alpha value is -6.28. The number of hydrogen-bond donors (Lipinski definition) is 8. The molecule has 23 heteroatoms. The maximum Gasteiger partial charge on any atom is 0.414 e. The molecule has 3 aromatic rings. The van der Waals surface area contributed by atoms with Gasteiger partial charge in [-0.1, -0.05) is 24.3 Å². The summed E-state index contributed by atoms with van der Waals surface area (Å²) in [6.45, 7) is 0.0872. The maximum absolute atomic E-state index is 14.0. The van der Waals surface area contributed by atoms with E-state index in [0.717, 1.165) is 7.11 Å². The Labute approximate surface area is 379 Å². The third-order valence-electron chi connectivity index (χ3n) is 12.5. The Kier molecular flexibility index (Phi) is 13.0. The summed E-state index contributed by atoms with van der Waals surface area (Å²) in [6.07, 6.45) is -16.7. The largest absolute Gasteiger partial charge is 0.507 e. The highest BCUT2D eigenvalue weighted by atomic mass is 16.7. The first-order valence-electron chi connectivity index (χ1n) is 20.8. The van der Waals surface area contributed by atoms with Crippen LogP contribution in [-0.2, 0) is 55.8 Å². The zero-order chi connectivity index (χ0) is 48.2. The number of aliphatic hydroxyl groups is 5. The fourth-order valence-corrected chi connectivity index (χ4v) is 9.10. The molecule has 0 bridgehead atoms. The second kappa shape index (κ2) is 18.4. The van der Waals surface area contributed by atoms with E-state index in [9.17, 15) is 64.5 Å². The minimum absolute atomic E-state index is 0.0407. The number of benzene rings is 3. The Morgan fingerprint density at radius 2 is 1.63 bits per heavy atom. The van der Waals surface area contributed by atoms with E-state index in [1.54, 1.807) is 6.92 Å². The van der Waals surface area contributed by atoms with Crippen molar-refractivity contribution in [3.8, 4) is 17.2 Å². The number of carbonyl (C=O) groups excluding carboxylic acids is 6. The molecule has 358 valence electrons. The summed E-state index contributed by atoms with van der Waals surface area (Å²) < 4.78 is 44.0. The minimum atomic E-state index is -2.37. The molecule has 0 aromatic heterocycles. The first-order valence-corrected chi connectivity index (χ1v) is 20.8. The van der Waals surface area contributed by atoms with E-state index in [1.807, 2.05) is 0 Å². The molecule has 5 aliphatic rings. The number of phenols is 2. The van der Waals surface area contributed by atoms with Crippen molar-refractivity contribution in [3.63, 3.8) is 0 Å². The molecule has 1 unspecified atom stereocenters. The maximum atomic E-state index is 14.0. The zero-order valence-electron chi connectivity index (χ0n) is 35.9. The lowest BCUT2D eigenvalue weighted by Gasteiger charge is -2.42. The number of ketones is 3. The molecule has 8 N–H and O–H groups in total. The van der Waals surface area contributed by atoms with Gasteiger partial charge >= 0.3 is 18.2 Å². The van der Waals surface area contributed by atoms with Crippen LogP contribution in [0.15, 0.2) is 42.5 Å². The number of nitrogens with one attached hydrogen (secondary N) is 1. The number of Topliss-reactive ketones (excluding diaryl/α,β-unsaturated/α-hetero) is 1. The number of methoxy groups -OCH3 is 2. The van der Waals surface area contributed by atoms with Gasteiger partial charge < -0.3 is 73.6 Å². The van der Waals surface area contributed by atoms with E-state index in [0.29, 0.717) is 5.56 Å². The fourth-order valence-electron chi connectivity index (χ4n) is 9.10. The molecule has 0 spiro atoms. The number of hydrogen-bond acceptors (Lipinski definition) is 21. The van der Waals surface area contributed by atoms with Crippen molar-refractivity contribution >= 4 is 41.2 Å². The van der Waals surface area contributed by atoms with Crippen molar-refractivity contribution in [1.82, 2.24) is 4.90 Å². The van der Waals surface area contributed by atoms with Gasteiger partial charge in [0.05, 0.1) is 49.2 Å². The molecule has 67 heavy (non-hydrogen) atoms. The molecule has 3 saturated heterocycles. The van der Waals surface area contributed by atoms with E-state index in [1.165, 1.54) is 54.5 Å². The van der Waals surface area contributed by atoms with Crippen molar-refractivity contribution in [2.24, 2.45) is 0 Å². The predicted octanol–water partition coefficient (Wildman–Crippen LogP) is 0.206. The fraction of sp³-hybridized carbons (Fsp3) is 0.455. The zero-order valence-corrected chi connectivity index (χ0v) is 35.9. The van der Waals surface area contributed by atoms with Crippen LogP contribution in [0.5, 0.6) is 17.2 Å². The highest BCUT2D eigenvalue weighted by Gasteiger charge is 2.53. The van der Waals surface area contributed by atoms with Gasteiger partial charge in [0.15, 0.2) is 24.0 Å². The smallest absolute Gasteiger partial charge is 0.414 e. The van der Waals surface area contributed by atoms with E-state index < -0.39 is 145 Å². The van der Waals surface area contributed by atoms with Crippen LogP contribution in [-0.4, -0.2) is 165 Å². The van der Waals surface area contributed by atoms with Crippen molar-refractivity contribution in [2.45, 2.75) is 99.7 Å². The van der Waals surface area contributed by atoms with E-state index in [-0.39, 0.29) is 53.4 Å². The number of ether oxygens (including phenoxy) is 8. The van der Waals surface area contributed by atoms with Crippen LogP contribution in [0.3, 0.4) is 0 Å². The quantitative estimate of drug-likeness (QED) is 0.0598. The summed E-state index contributed by atoms with van der Waals surface area (Å²) in [5.41, 5.74) is -3.54. The second-order valence-electron chi connectivity index (χ2n) is 16.5. The molecule has 3 fully saturated rings. The first-order chi connectivity index (χ1) is 31.9. The third-order valence-corrected chi connectivity index (χ3v) is 12.5. The third kappa shape index (κ3) is 8.42. The lowest BCUT2D eigenvalue weighted by atomic mass is 9.72. The number of anilines is 1. The minimum Gasteiger partial charge on any atom is -0.507 e. The monoisotopic (exact) mass is 938 g/mol. The van der Waals surface area contributed by atoms with Crippen LogP contribution in [0.1, 0.15) is 74.4 Å². The summed E-state index contributed by atoms with van der Waals surface area (Å²) in [6, 6.07) is 9.44. The van der Waals surface area contributed by atoms with Crippen LogP contribution in [0.2, 0.25) is 0 Å². The Bertz CT molecular complexity index is 2500. The molecule has 8 rings (SSSR count). The van der Waals surface area contributed by atoms with Crippen molar-refractivity contribution in [3.05, 3.63) is 81.4 Å². The highest BCUT2D eigenvalue weighted by Crippen LogP contribution is 2.53. The molecule has 2 aliphatic carbocycles. The van der Waals surface area contributed by atoms with Gasteiger partial charge in [-0.25, -0.2) is 14.4 Å². The van der Waals surface area contributed by atoms with Crippen molar-refractivity contribution in [1.29, 1.82) is 0 Å². The van der Waals surface area contributed by atoms with Crippen molar-refractivity contribution < 1.29 is 102 Å². The molecular formula is C44H46N2O21. The van der Waals surface area contributed by atoms with Crippen LogP contribution in [0, 0.1) is 0 Å². The van der Waals surface area contributed by atoms with Crippen LogP contribution < -0.4 is 10.1 Å². The molecular weight excluding hydrogens is 892 g/mol. The number of rotatable bonds is 10. The average molecular weight is 939 g/mol. The first kappa shape index (κ1) is 47.2. The van der Waals surface area contributed by atoms with E-state index in [2.05, 4.69) is 10.1 Å². The Morgan fingerprint density at radius 3 is 2.31 bits per heavy atom. The number of amides is 2. The standard InChI is InChI=1S/C44H46N2O21/c1-17-38-22(46(16-63-38)43(58)62-15-18-7-9-19(10-8-18)45-42(57)67-41-37(55)35(53)36(54)39(66-41)40(56)61-3)11-26(64-17)65-24-13-44(59,25(48)14-47)12-21-28(24)34(52)30-29(32(21)50)31(49)20-5-4-6-23(60-2)27(20)33(30)51/h4-10,17,22,24,26,35-39,41,47,50,52-55,59H,11-16H2,1-3H3,(H,45,57)/t17-,22-,24?,26-,35-,36-,37+,38+,39-,41-,44-/m0/s1. The number of aliphatic hydroxyl groups excluding tert-OH is 4. The molecule has 23 nitrogen and oxygen atoms in total. The second-order valence-corrected chi connectivity index (χ2v) is 16.5. The summed E-state index contributed by atoms with van der Waals surface area (Å²) in [5.74, 6) is -5.26. The molecule has 3 aliphatic heterocycles. The van der Waals surface area contributed by atoms with Gasteiger partial charge in [0.25, 0.3) is 0 Å². The summed E-state index contributed by atoms with van der Waals surface area (Å²) in [5, 5.41) is 77.8. The van der Waals surface area contributed by atoms with Crippen molar-refractivity contribution in [2.75, 3.05) is 32.9 Å². The number of nitrogens with zero attached hydrogens (tertiary/aromatic N) is 1. The molecule has 3 heterocycles. The van der Waals surface area contributed by atoms with Gasteiger partial charge in [-0.05, 0) is 30.7 Å². The lowest BCUT2D eigenvalue weighted by Crippen LogP contribution is -2.61. The van der Waals surface area contributed by atoms with Crippen LogP contribution >= 0.6 is 0 Å². The topological polar surface area (TPSA) is 333 Å². The Morgan fingerprint density at radius 1 is 0.910 bits per heavy atom. The molecule has 11 atom stereocenters. The number of aromatic hydroxyl groups is 2. The normalized spacial score (nSPS) is 29.7. The molecule has 0 saturated carbocycles. The predicted molar refractivity (Wildman–Crippen MR) is 219 cm³/mol. The summed E-state index contributed by atoms with van der Waals surface area (Å²) in [4.78, 5) is 80.3. The molecule has 2 amide bonds. The number of esters is 1. The number of phenolic OH excluding ortho intramolecular Hbond substituents is 2. The number of fused-ring (bicyclic) bond motifs is 4. The lowest BCUT2D eigenvalue weighted by molar-refractivity contribution is -0.278. The Balaban J connectivity index is 0.948. The van der Waals surface area contributed by atoms with Gasteiger partial charge in [0, 0.05) is 41.6 Å². The summed E-state index contributed by atoms with van der Waals surface area (Å²) >= 11 is 0. The SMILES string of the molecule is COC(=O)[C@H]1O[C@@H](OC(=O)Nc2ccc(COC(=O)N3CO[C@@H]4[C@H](C)O[C@@H](OC5C[C@](O)(C(=O)CO)Cc6c(O)c7c(c(O)c65)C(=O)c5c(OC)cccc5C7=O)C[C@@H]43)cc2)[C@H](O)[C@@H](O)[C@@H]1O. The summed E-state index contributed by atoms with van der Waals surface area (Å²) in [7, 11) is 2.30. The van der Waals surface area contributed by atoms with Gasteiger partial charge in [-0.3, -0.25) is 24.6 Å². The number of carbonyl (C=O) groups is 6. The van der Waals surface area contributed by atoms with Gasteiger partial charge in [0.1, 0.15) is 67.2 Å². The molecule has 3 aromatic carbocycles. The van der Waals surface area contributed by atoms with E-state index >= 15 is 0 Å². The van der Waals surface area contributed by atoms with Gasteiger partial charge in [0.2, 0.25) is 12.1 Å². The highest BCUT2D eigenvalue weighted by molar-refractivity contribution is 6.31. The van der Waals surface area contributed by atoms with Crippen LogP contribution in [0.25, 0.3) is 0 Å². The molecule has 0 radical (unpaired) electrons. The van der Waals surface area contributed by atoms with Gasteiger partial charge in [-0.2, -0.15) is 0 Å². The van der Waals surface area contributed by atoms with Crippen LogP contribution in [0.4, 0.5) is 15.3 Å². The average Bonchev–Trinajstić information content (AvgIpc) is 3.75.